The summed E-state index contributed by atoms with van der Waals surface area (Å²) in [5.41, 5.74) is 3.06. The van der Waals surface area contributed by atoms with E-state index in [4.69, 9.17) is 9.79 Å². The molecule has 0 aliphatic heterocycles. The summed E-state index contributed by atoms with van der Waals surface area (Å²) < 4.78 is 15.3. The molecule has 0 radical (unpaired) electrons. The SMILES string of the molecule is CCC1CC(CCCOP(=O)(O)O)C2Cc3ccccc3C12. The lowest BCUT2D eigenvalue weighted by atomic mass is 9.85. The molecule has 0 spiro atoms. The fourth-order valence-electron chi connectivity index (χ4n) is 4.71. The number of hydrogen-bond acceptors (Lipinski definition) is 2. The van der Waals surface area contributed by atoms with Gasteiger partial charge in [-0.3, -0.25) is 4.52 Å². The van der Waals surface area contributed by atoms with Crippen molar-refractivity contribution in [1.82, 2.24) is 0 Å². The van der Waals surface area contributed by atoms with Crippen LogP contribution in [-0.2, 0) is 15.5 Å². The standard InChI is InChI=1S/C17H25O4P/c1-2-12-10-13(7-5-9-21-22(18,19)20)16-11-14-6-3-4-8-15(14)17(12)16/h3-4,6,8,12-13,16-17H,2,5,7,9-11H2,1H3,(H2,18,19,20). The highest BCUT2D eigenvalue weighted by atomic mass is 31.2. The average molecular weight is 324 g/mol. The second kappa shape index (κ2) is 6.45. The van der Waals surface area contributed by atoms with Gasteiger partial charge in [-0.15, -0.1) is 0 Å². The quantitative estimate of drug-likeness (QED) is 0.615. The highest BCUT2D eigenvalue weighted by Crippen LogP contribution is 2.56. The second-order valence-electron chi connectivity index (χ2n) is 6.72. The molecule has 0 saturated heterocycles. The van der Waals surface area contributed by atoms with Crippen molar-refractivity contribution in [2.45, 2.75) is 44.9 Å². The Labute approximate surface area is 132 Å². The van der Waals surface area contributed by atoms with Gasteiger partial charge in [0.1, 0.15) is 0 Å². The lowest BCUT2D eigenvalue weighted by molar-refractivity contribution is 0.187. The van der Waals surface area contributed by atoms with Crippen molar-refractivity contribution >= 4 is 7.82 Å². The average Bonchev–Trinajstić information content (AvgIpc) is 3.00. The third-order valence-corrected chi connectivity index (χ3v) is 6.07. The molecule has 3 rings (SSSR count). The first-order chi connectivity index (χ1) is 10.5. The van der Waals surface area contributed by atoms with Gasteiger partial charge in [-0.05, 0) is 60.5 Å². The number of phosphoric ester groups is 1. The molecule has 1 aromatic rings. The molecule has 4 nitrogen and oxygen atoms in total. The largest absolute Gasteiger partial charge is 0.469 e. The normalized spacial score (nSPS) is 30.3. The van der Waals surface area contributed by atoms with E-state index < -0.39 is 7.82 Å². The van der Waals surface area contributed by atoms with Crippen LogP contribution in [0.25, 0.3) is 0 Å². The smallest absolute Gasteiger partial charge is 0.303 e. The van der Waals surface area contributed by atoms with Gasteiger partial charge in [0, 0.05) is 0 Å². The Kier molecular flexibility index (Phi) is 4.75. The molecule has 4 atom stereocenters. The Morgan fingerprint density at radius 1 is 1.27 bits per heavy atom. The van der Waals surface area contributed by atoms with Gasteiger partial charge in [0.05, 0.1) is 6.61 Å². The lowest BCUT2D eigenvalue weighted by Gasteiger charge is -2.19. The topological polar surface area (TPSA) is 66.8 Å². The van der Waals surface area contributed by atoms with Crippen molar-refractivity contribution in [1.29, 1.82) is 0 Å². The van der Waals surface area contributed by atoms with Crippen LogP contribution in [0.15, 0.2) is 24.3 Å². The first-order valence-corrected chi connectivity index (χ1v) is 9.80. The maximum atomic E-state index is 10.7. The van der Waals surface area contributed by atoms with E-state index >= 15 is 0 Å². The molecule has 2 aliphatic carbocycles. The fourth-order valence-corrected chi connectivity index (χ4v) is 5.08. The van der Waals surface area contributed by atoms with Crippen molar-refractivity contribution in [2.75, 3.05) is 6.61 Å². The summed E-state index contributed by atoms with van der Waals surface area (Å²) in [7, 11) is -4.31. The van der Waals surface area contributed by atoms with Crippen LogP contribution in [0.4, 0.5) is 0 Å². The molecule has 2 N–H and O–H groups in total. The van der Waals surface area contributed by atoms with Gasteiger partial charge in [0.15, 0.2) is 0 Å². The van der Waals surface area contributed by atoms with Crippen molar-refractivity contribution < 1.29 is 18.9 Å². The molecular formula is C17H25O4P. The van der Waals surface area contributed by atoms with Crippen molar-refractivity contribution in [2.24, 2.45) is 17.8 Å². The summed E-state index contributed by atoms with van der Waals surface area (Å²) in [4.78, 5) is 17.5. The van der Waals surface area contributed by atoms with Crippen LogP contribution in [0.2, 0.25) is 0 Å². The van der Waals surface area contributed by atoms with Crippen molar-refractivity contribution in [3.63, 3.8) is 0 Å². The number of hydrogen-bond donors (Lipinski definition) is 2. The highest BCUT2D eigenvalue weighted by Gasteiger charge is 2.46. The lowest BCUT2D eigenvalue weighted by Crippen LogP contribution is -2.12. The molecule has 122 valence electrons. The number of benzene rings is 1. The van der Waals surface area contributed by atoms with Crippen LogP contribution in [0.5, 0.6) is 0 Å². The molecule has 0 aromatic heterocycles. The Balaban J connectivity index is 1.63. The number of rotatable bonds is 6. The van der Waals surface area contributed by atoms with Crippen LogP contribution < -0.4 is 0 Å². The fraction of sp³-hybridized carbons (Fsp3) is 0.647. The van der Waals surface area contributed by atoms with Crippen molar-refractivity contribution in [3.8, 4) is 0 Å². The predicted molar refractivity (Wildman–Crippen MR) is 85.5 cm³/mol. The molecule has 1 aromatic carbocycles. The maximum Gasteiger partial charge on any atom is 0.469 e. The minimum atomic E-state index is -4.31. The summed E-state index contributed by atoms with van der Waals surface area (Å²) in [6, 6.07) is 8.83. The summed E-state index contributed by atoms with van der Waals surface area (Å²) >= 11 is 0. The minimum Gasteiger partial charge on any atom is -0.303 e. The Morgan fingerprint density at radius 2 is 2.05 bits per heavy atom. The van der Waals surface area contributed by atoms with E-state index in [1.165, 1.54) is 24.8 Å². The van der Waals surface area contributed by atoms with Gasteiger partial charge in [-0.2, -0.15) is 0 Å². The van der Waals surface area contributed by atoms with Crippen LogP contribution in [0.1, 0.15) is 49.7 Å². The van der Waals surface area contributed by atoms with Gasteiger partial charge in [-0.25, -0.2) is 4.57 Å². The van der Waals surface area contributed by atoms with Gasteiger partial charge < -0.3 is 9.79 Å². The summed E-state index contributed by atoms with van der Waals surface area (Å²) in [6.07, 6.45) is 5.36. The van der Waals surface area contributed by atoms with E-state index in [9.17, 15) is 4.57 Å². The Hall–Kier alpha value is -0.670. The van der Waals surface area contributed by atoms with E-state index in [-0.39, 0.29) is 6.61 Å². The van der Waals surface area contributed by atoms with E-state index in [1.807, 2.05) is 0 Å². The molecule has 0 bridgehead atoms. The zero-order valence-electron chi connectivity index (χ0n) is 13.0. The third-order valence-electron chi connectivity index (χ3n) is 5.55. The molecule has 0 amide bonds. The number of phosphoric acid groups is 1. The zero-order chi connectivity index (χ0) is 15.7. The monoisotopic (exact) mass is 324 g/mol. The van der Waals surface area contributed by atoms with Crippen LogP contribution in [0, 0.1) is 17.8 Å². The summed E-state index contributed by atoms with van der Waals surface area (Å²) in [6.45, 7) is 2.43. The molecule has 0 heterocycles. The van der Waals surface area contributed by atoms with E-state index in [0.29, 0.717) is 17.8 Å². The first kappa shape index (κ1) is 16.2. The molecule has 5 heteroatoms. The van der Waals surface area contributed by atoms with Crippen LogP contribution in [-0.4, -0.2) is 16.4 Å². The van der Waals surface area contributed by atoms with Crippen LogP contribution >= 0.6 is 7.82 Å². The van der Waals surface area contributed by atoms with Gasteiger partial charge in [0.25, 0.3) is 0 Å². The molecule has 2 aliphatic rings. The molecule has 4 unspecified atom stereocenters. The first-order valence-electron chi connectivity index (χ1n) is 8.27. The van der Waals surface area contributed by atoms with E-state index in [2.05, 4.69) is 35.7 Å². The van der Waals surface area contributed by atoms with Crippen molar-refractivity contribution in [3.05, 3.63) is 35.4 Å². The molecule has 22 heavy (non-hydrogen) atoms. The summed E-state index contributed by atoms with van der Waals surface area (Å²) in [5.74, 6) is 2.80. The van der Waals surface area contributed by atoms with Gasteiger partial charge in [0.2, 0.25) is 0 Å². The molecule has 1 saturated carbocycles. The van der Waals surface area contributed by atoms with E-state index in [1.54, 1.807) is 5.56 Å². The minimum absolute atomic E-state index is 0.155. The van der Waals surface area contributed by atoms with Gasteiger partial charge in [-0.1, -0.05) is 37.6 Å². The Morgan fingerprint density at radius 3 is 2.77 bits per heavy atom. The molecular weight excluding hydrogens is 299 g/mol. The number of fused-ring (bicyclic) bond motifs is 3. The second-order valence-corrected chi connectivity index (χ2v) is 7.96. The molecule has 1 fully saturated rings. The Bertz CT molecular complexity index is 568. The van der Waals surface area contributed by atoms with Crippen LogP contribution in [0.3, 0.4) is 0 Å². The zero-order valence-corrected chi connectivity index (χ0v) is 13.9. The van der Waals surface area contributed by atoms with E-state index in [0.717, 1.165) is 18.8 Å². The van der Waals surface area contributed by atoms with Gasteiger partial charge >= 0.3 is 7.82 Å². The summed E-state index contributed by atoms with van der Waals surface area (Å²) in [5, 5.41) is 0. The third kappa shape index (κ3) is 3.30. The highest BCUT2D eigenvalue weighted by molar-refractivity contribution is 7.46. The maximum absolute atomic E-state index is 10.7. The predicted octanol–water partition coefficient (Wildman–Crippen LogP) is 3.88.